The number of ether oxygens (including phenoxy) is 2. The van der Waals surface area contributed by atoms with Crippen molar-refractivity contribution in [3.05, 3.63) is 58.6 Å². The fourth-order valence-corrected chi connectivity index (χ4v) is 2.51. The molecule has 0 radical (unpaired) electrons. The van der Waals surface area contributed by atoms with Gasteiger partial charge in [0, 0.05) is 11.9 Å². The lowest BCUT2D eigenvalue weighted by Gasteiger charge is -2.13. The van der Waals surface area contributed by atoms with Gasteiger partial charge in [-0.05, 0) is 38.1 Å². The number of nitrogens with zero attached hydrogens (tertiary/aromatic N) is 1. The summed E-state index contributed by atoms with van der Waals surface area (Å²) in [5.41, 5.74) is 1.21. The van der Waals surface area contributed by atoms with E-state index in [0.29, 0.717) is 24.5 Å². The Hall–Kier alpha value is -2.67. The fourth-order valence-electron chi connectivity index (χ4n) is 1.92. The van der Waals surface area contributed by atoms with Crippen LogP contribution in [0.2, 0.25) is 0 Å². The van der Waals surface area contributed by atoms with E-state index in [-0.39, 0.29) is 5.91 Å². The number of aryl methyl sites for hydroxylation is 1. The van der Waals surface area contributed by atoms with Crippen LogP contribution in [-0.4, -0.2) is 29.5 Å². The maximum atomic E-state index is 12.1. The van der Waals surface area contributed by atoms with Crippen LogP contribution in [0, 0.1) is 6.92 Å². The highest BCUT2D eigenvalue weighted by atomic mass is 32.1. The van der Waals surface area contributed by atoms with E-state index in [0.717, 1.165) is 10.7 Å². The Kier molecular flexibility index (Phi) is 6.71. The summed E-state index contributed by atoms with van der Waals surface area (Å²) in [7, 11) is 0. The molecule has 0 fully saturated rings. The minimum atomic E-state index is -0.878. The van der Waals surface area contributed by atoms with Crippen molar-refractivity contribution < 1.29 is 19.1 Å². The summed E-state index contributed by atoms with van der Waals surface area (Å²) in [4.78, 5) is 28.1. The minimum Gasteiger partial charge on any atom is -0.487 e. The summed E-state index contributed by atoms with van der Waals surface area (Å²) in [6, 6.07) is 6.55. The van der Waals surface area contributed by atoms with Crippen LogP contribution >= 0.6 is 11.3 Å². The highest BCUT2D eigenvalue weighted by Crippen LogP contribution is 2.16. The van der Waals surface area contributed by atoms with Gasteiger partial charge in [0.2, 0.25) is 0 Å². The summed E-state index contributed by atoms with van der Waals surface area (Å²) in [6.07, 6.45) is 0.675. The normalized spacial score (nSPS) is 11.4. The lowest BCUT2D eigenvalue weighted by atomic mass is 10.2. The Labute approximate surface area is 150 Å². The SMILES string of the molecule is C=CCNC(=O)[C@@H](C)OC(=O)c1ccc(OCc2csc(C)n2)cc1. The number of rotatable bonds is 8. The average molecular weight is 360 g/mol. The molecule has 0 saturated carbocycles. The average Bonchev–Trinajstić information content (AvgIpc) is 3.03. The van der Waals surface area contributed by atoms with E-state index in [1.165, 1.54) is 6.92 Å². The van der Waals surface area contributed by atoms with Crippen molar-refractivity contribution in [3.63, 3.8) is 0 Å². The van der Waals surface area contributed by atoms with E-state index in [1.807, 2.05) is 12.3 Å². The van der Waals surface area contributed by atoms with Gasteiger partial charge in [-0.25, -0.2) is 9.78 Å². The molecule has 25 heavy (non-hydrogen) atoms. The first-order chi connectivity index (χ1) is 12.0. The number of carbonyl (C=O) groups excluding carboxylic acids is 2. The quantitative estimate of drug-likeness (QED) is 0.578. The Bertz CT molecular complexity index is 740. The van der Waals surface area contributed by atoms with Gasteiger partial charge in [0.15, 0.2) is 6.10 Å². The smallest absolute Gasteiger partial charge is 0.338 e. The molecule has 1 amide bonds. The topological polar surface area (TPSA) is 77.5 Å². The molecule has 0 aliphatic heterocycles. The van der Waals surface area contributed by atoms with E-state index in [4.69, 9.17) is 9.47 Å². The summed E-state index contributed by atoms with van der Waals surface area (Å²) in [5, 5.41) is 5.51. The maximum Gasteiger partial charge on any atom is 0.338 e. The number of amides is 1. The molecule has 0 unspecified atom stereocenters. The van der Waals surface area contributed by atoms with Crippen LogP contribution < -0.4 is 10.1 Å². The van der Waals surface area contributed by atoms with E-state index >= 15 is 0 Å². The van der Waals surface area contributed by atoms with Crippen molar-refractivity contribution in [3.8, 4) is 5.75 Å². The lowest BCUT2D eigenvalue weighted by Crippen LogP contribution is -2.35. The predicted octanol–water partition coefficient (Wildman–Crippen LogP) is 2.88. The van der Waals surface area contributed by atoms with Crippen LogP contribution in [-0.2, 0) is 16.1 Å². The van der Waals surface area contributed by atoms with Crippen molar-refractivity contribution in [1.82, 2.24) is 10.3 Å². The summed E-state index contributed by atoms with van der Waals surface area (Å²) in [6.45, 7) is 7.66. The standard InChI is InChI=1S/C18H20N2O4S/c1-4-9-19-17(21)12(2)24-18(22)14-5-7-16(8-6-14)23-10-15-11-25-13(3)20-15/h4-8,11-12H,1,9-10H2,2-3H3,(H,19,21)/t12-/m1/s1. The van der Waals surface area contributed by atoms with Gasteiger partial charge in [0.1, 0.15) is 12.4 Å². The second kappa shape index (κ2) is 8.98. The molecule has 1 aromatic heterocycles. The third-order valence-electron chi connectivity index (χ3n) is 3.22. The van der Waals surface area contributed by atoms with E-state index in [1.54, 1.807) is 41.7 Å². The van der Waals surface area contributed by atoms with Crippen molar-refractivity contribution in [2.45, 2.75) is 26.6 Å². The molecule has 1 aromatic carbocycles. The van der Waals surface area contributed by atoms with Crippen LogP contribution in [0.5, 0.6) is 5.75 Å². The zero-order valence-corrected chi connectivity index (χ0v) is 15.0. The lowest BCUT2D eigenvalue weighted by molar-refractivity contribution is -0.128. The highest BCUT2D eigenvalue weighted by Gasteiger charge is 2.18. The van der Waals surface area contributed by atoms with Crippen LogP contribution in [0.3, 0.4) is 0 Å². The number of esters is 1. The maximum absolute atomic E-state index is 12.1. The third-order valence-corrected chi connectivity index (χ3v) is 4.04. The molecule has 0 spiro atoms. The molecule has 1 N–H and O–H groups in total. The fraction of sp³-hybridized carbons (Fsp3) is 0.278. The molecule has 132 valence electrons. The van der Waals surface area contributed by atoms with E-state index in [2.05, 4.69) is 16.9 Å². The molecule has 7 heteroatoms. The minimum absolute atomic E-state index is 0.325. The van der Waals surface area contributed by atoms with Gasteiger partial charge >= 0.3 is 5.97 Å². The van der Waals surface area contributed by atoms with Gasteiger partial charge in [-0.1, -0.05) is 6.08 Å². The second-order valence-electron chi connectivity index (χ2n) is 5.25. The van der Waals surface area contributed by atoms with Crippen LogP contribution in [0.15, 0.2) is 42.3 Å². The zero-order chi connectivity index (χ0) is 18.2. The van der Waals surface area contributed by atoms with Crippen molar-refractivity contribution in [2.24, 2.45) is 0 Å². The second-order valence-corrected chi connectivity index (χ2v) is 6.31. The first kappa shape index (κ1) is 18.7. The molecule has 0 aliphatic carbocycles. The molecule has 0 aliphatic rings. The van der Waals surface area contributed by atoms with Crippen molar-refractivity contribution in [2.75, 3.05) is 6.54 Å². The largest absolute Gasteiger partial charge is 0.487 e. The highest BCUT2D eigenvalue weighted by molar-refractivity contribution is 7.09. The van der Waals surface area contributed by atoms with Gasteiger partial charge in [-0.15, -0.1) is 17.9 Å². The Balaban J connectivity index is 1.86. The van der Waals surface area contributed by atoms with Gasteiger partial charge in [0.25, 0.3) is 5.91 Å². The number of hydrogen-bond acceptors (Lipinski definition) is 6. The number of hydrogen-bond donors (Lipinski definition) is 1. The molecular formula is C18H20N2O4S. The van der Waals surface area contributed by atoms with Gasteiger partial charge in [-0.3, -0.25) is 4.79 Å². The molecule has 6 nitrogen and oxygen atoms in total. The number of thiazole rings is 1. The van der Waals surface area contributed by atoms with E-state index in [9.17, 15) is 9.59 Å². The summed E-state index contributed by atoms with van der Waals surface area (Å²) < 4.78 is 10.8. The molecule has 0 bridgehead atoms. The molecular weight excluding hydrogens is 340 g/mol. The Morgan fingerprint density at radius 2 is 2.08 bits per heavy atom. The van der Waals surface area contributed by atoms with Crippen LogP contribution in [0.25, 0.3) is 0 Å². The van der Waals surface area contributed by atoms with Gasteiger partial charge in [-0.2, -0.15) is 0 Å². The monoisotopic (exact) mass is 360 g/mol. The molecule has 1 atom stereocenters. The first-order valence-corrected chi connectivity index (χ1v) is 8.61. The third kappa shape index (κ3) is 5.72. The predicted molar refractivity (Wildman–Crippen MR) is 95.7 cm³/mol. The Morgan fingerprint density at radius 1 is 1.36 bits per heavy atom. The molecule has 1 heterocycles. The van der Waals surface area contributed by atoms with Crippen LogP contribution in [0.4, 0.5) is 0 Å². The molecule has 2 rings (SSSR count). The summed E-state index contributed by atoms with van der Waals surface area (Å²) in [5.74, 6) is -0.311. The number of nitrogens with one attached hydrogen (secondary N) is 1. The van der Waals surface area contributed by atoms with Crippen molar-refractivity contribution >= 4 is 23.2 Å². The molecule has 2 aromatic rings. The van der Waals surface area contributed by atoms with Crippen molar-refractivity contribution in [1.29, 1.82) is 0 Å². The zero-order valence-electron chi connectivity index (χ0n) is 14.2. The molecule has 0 saturated heterocycles. The van der Waals surface area contributed by atoms with Crippen LogP contribution in [0.1, 0.15) is 28.0 Å². The van der Waals surface area contributed by atoms with Gasteiger partial charge in [0.05, 0.1) is 16.3 Å². The summed E-state index contributed by atoms with van der Waals surface area (Å²) >= 11 is 1.57. The first-order valence-electron chi connectivity index (χ1n) is 7.73. The Morgan fingerprint density at radius 3 is 2.68 bits per heavy atom. The number of benzene rings is 1. The van der Waals surface area contributed by atoms with E-state index < -0.39 is 12.1 Å². The number of aromatic nitrogens is 1. The number of carbonyl (C=O) groups is 2. The van der Waals surface area contributed by atoms with Gasteiger partial charge < -0.3 is 14.8 Å².